The SMILES string of the molecule is C=C(CCC)C1=C(C)C=C2CC(=Cc3ccc(CCc4ccc(C(=C)C)cc4)cc3)C(=C)C2C1c1ccc(CC)cc1. The molecule has 0 aliphatic heterocycles. The van der Waals surface area contributed by atoms with Gasteiger partial charge < -0.3 is 0 Å². The largest absolute Gasteiger partial charge is 0.0955 e. The standard InChI is InChI=1S/C42H46/c1-8-10-29(5)40-30(6)25-39-27-38(31(7)41(39)42(40)37-23-17-32(9-2)18-24-37)26-35-15-13-33(14-16-35)11-12-34-19-21-36(22-20-34)28(3)4/h13-26,41-42H,3,5,7-12,27H2,1-2,4,6H3. The lowest BCUT2D eigenvalue weighted by Gasteiger charge is -2.34. The predicted molar refractivity (Wildman–Crippen MR) is 184 cm³/mol. The average molecular weight is 551 g/mol. The summed E-state index contributed by atoms with van der Waals surface area (Å²) in [6, 6.07) is 27.2. The van der Waals surface area contributed by atoms with Gasteiger partial charge in [0, 0.05) is 11.8 Å². The smallest absolute Gasteiger partial charge is 0.0201 e. The fourth-order valence-electron chi connectivity index (χ4n) is 6.82. The van der Waals surface area contributed by atoms with Crippen LogP contribution in [0.25, 0.3) is 11.6 Å². The van der Waals surface area contributed by atoms with Crippen LogP contribution in [-0.2, 0) is 19.3 Å². The number of hydrogen-bond donors (Lipinski definition) is 0. The summed E-state index contributed by atoms with van der Waals surface area (Å²) in [5, 5.41) is 0. The maximum absolute atomic E-state index is 4.72. The molecule has 0 nitrogen and oxygen atoms in total. The molecule has 1 saturated carbocycles. The number of allylic oxidation sites excluding steroid dienone is 8. The first-order valence-corrected chi connectivity index (χ1v) is 15.7. The van der Waals surface area contributed by atoms with Crippen molar-refractivity contribution in [2.45, 2.75) is 72.1 Å². The van der Waals surface area contributed by atoms with Crippen LogP contribution in [0.2, 0.25) is 0 Å². The van der Waals surface area contributed by atoms with Gasteiger partial charge in [-0.05, 0) is 102 Å². The molecule has 0 bridgehead atoms. The minimum atomic E-state index is 0.278. The van der Waals surface area contributed by atoms with Gasteiger partial charge in [0.2, 0.25) is 0 Å². The van der Waals surface area contributed by atoms with Crippen LogP contribution in [-0.4, -0.2) is 0 Å². The van der Waals surface area contributed by atoms with Crippen molar-refractivity contribution < 1.29 is 0 Å². The Hall–Kier alpha value is -3.90. The molecule has 2 atom stereocenters. The van der Waals surface area contributed by atoms with Crippen LogP contribution in [0.4, 0.5) is 0 Å². The van der Waals surface area contributed by atoms with Gasteiger partial charge >= 0.3 is 0 Å². The van der Waals surface area contributed by atoms with Crippen LogP contribution in [0.5, 0.6) is 0 Å². The van der Waals surface area contributed by atoms with E-state index in [4.69, 9.17) is 6.58 Å². The summed E-state index contributed by atoms with van der Waals surface area (Å²) in [4.78, 5) is 0. The molecule has 5 rings (SSSR count). The third kappa shape index (κ3) is 6.29. The maximum atomic E-state index is 4.72. The Labute approximate surface area is 254 Å². The molecule has 0 amide bonds. The fraction of sp³-hybridized carbons (Fsp3) is 0.286. The summed E-state index contributed by atoms with van der Waals surface area (Å²) in [7, 11) is 0. The van der Waals surface area contributed by atoms with E-state index in [0.717, 1.165) is 44.1 Å². The van der Waals surface area contributed by atoms with Gasteiger partial charge in [-0.3, -0.25) is 0 Å². The van der Waals surface area contributed by atoms with Gasteiger partial charge in [-0.2, -0.15) is 0 Å². The molecule has 1 fully saturated rings. The first-order valence-electron chi connectivity index (χ1n) is 15.7. The highest BCUT2D eigenvalue weighted by Gasteiger charge is 2.40. The second kappa shape index (κ2) is 13.0. The van der Waals surface area contributed by atoms with Crippen LogP contribution < -0.4 is 0 Å². The molecule has 0 N–H and O–H groups in total. The monoisotopic (exact) mass is 550 g/mol. The van der Waals surface area contributed by atoms with Crippen molar-refractivity contribution in [3.63, 3.8) is 0 Å². The molecule has 3 aromatic carbocycles. The highest BCUT2D eigenvalue weighted by atomic mass is 14.4. The van der Waals surface area contributed by atoms with E-state index in [-0.39, 0.29) is 5.92 Å². The van der Waals surface area contributed by atoms with Gasteiger partial charge in [-0.15, -0.1) is 0 Å². The van der Waals surface area contributed by atoms with Crippen LogP contribution in [0.3, 0.4) is 0 Å². The van der Waals surface area contributed by atoms with E-state index < -0.39 is 0 Å². The molecule has 0 heteroatoms. The zero-order valence-corrected chi connectivity index (χ0v) is 26.1. The average Bonchev–Trinajstić information content (AvgIpc) is 3.30. The van der Waals surface area contributed by atoms with E-state index in [0.29, 0.717) is 5.92 Å². The van der Waals surface area contributed by atoms with E-state index in [1.165, 1.54) is 66.8 Å². The highest BCUT2D eigenvalue weighted by molar-refractivity contribution is 5.67. The van der Waals surface area contributed by atoms with Crippen molar-refractivity contribution >= 4 is 11.6 Å². The summed E-state index contributed by atoms with van der Waals surface area (Å²) in [6.07, 6.45) is 11.1. The number of rotatable bonds is 10. The Kier molecular flexibility index (Phi) is 9.12. The van der Waals surface area contributed by atoms with Gasteiger partial charge in [0.15, 0.2) is 0 Å². The molecule has 42 heavy (non-hydrogen) atoms. The molecule has 2 aliphatic carbocycles. The van der Waals surface area contributed by atoms with E-state index in [9.17, 15) is 0 Å². The third-order valence-electron chi connectivity index (χ3n) is 9.20. The van der Waals surface area contributed by atoms with E-state index in [1.54, 1.807) is 0 Å². The Bertz CT molecular complexity index is 1560. The van der Waals surface area contributed by atoms with Crippen molar-refractivity contribution in [1.29, 1.82) is 0 Å². The predicted octanol–water partition coefficient (Wildman–Crippen LogP) is 11.4. The molecule has 0 aromatic heterocycles. The topological polar surface area (TPSA) is 0 Å². The normalized spacial score (nSPS) is 19.2. The second-order valence-corrected chi connectivity index (χ2v) is 12.3. The minimum Gasteiger partial charge on any atom is -0.0955 e. The lowest BCUT2D eigenvalue weighted by molar-refractivity contribution is 0.619. The summed E-state index contributed by atoms with van der Waals surface area (Å²) >= 11 is 0. The zero-order chi connectivity index (χ0) is 29.8. The molecule has 2 aliphatic rings. The Balaban J connectivity index is 1.36. The van der Waals surface area contributed by atoms with Gasteiger partial charge in [-0.25, -0.2) is 0 Å². The summed E-state index contributed by atoms with van der Waals surface area (Å²) in [5.74, 6) is 0.576. The number of fused-ring (bicyclic) bond motifs is 1. The number of hydrogen-bond acceptors (Lipinski definition) is 0. The molecule has 214 valence electrons. The molecular formula is C42H46. The lowest BCUT2D eigenvalue weighted by atomic mass is 9.69. The van der Waals surface area contributed by atoms with Crippen LogP contribution in [0.15, 0.2) is 132 Å². The van der Waals surface area contributed by atoms with E-state index in [1.807, 2.05) is 0 Å². The van der Waals surface area contributed by atoms with E-state index >= 15 is 0 Å². The number of benzene rings is 3. The van der Waals surface area contributed by atoms with E-state index in [2.05, 4.69) is 126 Å². The first-order chi connectivity index (χ1) is 20.3. The van der Waals surface area contributed by atoms with Gasteiger partial charge in [0.1, 0.15) is 0 Å². The van der Waals surface area contributed by atoms with Crippen LogP contribution in [0, 0.1) is 5.92 Å². The number of aryl methyl sites for hydroxylation is 3. The maximum Gasteiger partial charge on any atom is 0.0201 e. The summed E-state index contributed by atoms with van der Waals surface area (Å²) in [5.41, 5.74) is 17.3. The van der Waals surface area contributed by atoms with Crippen molar-refractivity contribution in [1.82, 2.24) is 0 Å². The molecule has 0 spiro atoms. The van der Waals surface area contributed by atoms with Gasteiger partial charge in [-0.1, -0.05) is 142 Å². The van der Waals surface area contributed by atoms with Crippen LogP contribution in [0.1, 0.15) is 86.3 Å². The highest BCUT2D eigenvalue weighted by Crippen LogP contribution is 2.55. The van der Waals surface area contributed by atoms with Crippen LogP contribution >= 0.6 is 0 Å². The summed E-state index contributed by atoms with van der Waals surface area (Å²) < 4.78 is 0. The summed E-state index contributed by atoms with van der Waals surface area (Å²) in [6.45, 7) is 22.1. The lowest BCUT2D eigenvalue weighted by Crippen LogP contribution is -2.21. The Morgan fingerprint density at radius 2 is 1.40 bits per heavy atom. The van der Waals surface area contributed by atoms with Gasteiger partial charge in [0.25, 0.3) is 0 Å². The molecule has 3 aromatic rings. The zero-order valence-electron chi connectivity index (χ0n) is 26.1. The molecule has 2 unspecified atom stereocenters. The van der Waals surface area contributed by atoms with Crippen molar-refractivity contribution in [3.8, 4) is 0 Å². The molecule has 0 heterocycles. The fourth-order valence-corrected chi connectivity index (χ4v) is 6.82. The van der Waals surface area contributed by atoms with Gasteiger partial charge in [0.05, 0.1) is 0 Å². The molecular weight excluding hydrogens is 504 g/mol. The molecule has 0 saturated heterocycles. The quantitative estimate of drug-likeness (QED) is 0.235. The Morgan fingerprint density at radius 3 is 1.98 bits per heavy atom. The van der Waals surface area contributed by atoms with Crippen molar-refractivity contribution in [3.05, 3.63) is 165 Å². The first kappa shape index (κ1) is 29.6. The Morgan fingerprint density at radius 1 is 0.810 bits per heavy atom. The third-order valence-corrected chi connectivity index (χ3v) is 9.20. The molecule has 0 radical (unpaired) electrons. The van der Waals surface area contributed by atoms with Crippen molar-refractivity contribution in [2.24, 2.45) is 5.92 Å². The second-order valence-electron chi connectivity index (χ2n) is 12.3. The minimum absolute atomic E-state index is 0.278. The van der Waals surface area contributed by atoms with Crippen molar-refractivity contribution in [2.75, 3.05) is 0 Å².